The van der Waals surface area contributed by atoms with Crippen LogP contribution in [0.25, 0.3) is 11.2 Å². The normalized spacial score (nSPS) is 11.6. The Bertz CT molecular complexity index is 529. The van der Waals surface area contributed by atoms with E-state index in [4.69, 9.17) is 5.73 Å². The first kappa shape index (κ1) is 14.7. The monoisotopic (exact) mass is 276 g/mol. The number of aryl methyl sites for hydroxylation is 1. The van der Waals surface area contributed by atoms with Gasteiger partial charge in [0.1, 0.15) is 11.8 Å². The molecular formula is C14H24N6. The number of rotatable bonds is 8. The first-order chi connectivity index (χ1) is 9.76. The van der Waals surface area contributed by atoms with Crippen LogP contribution in [0, 0.1) is 0 Å². The molecule has 2 heterocycles. The molecule has 2 aromatic rings. The van der Waals surface area contributed by atoms with Gasteiger partial charge in [0.05, 0.1) is 6.33 Å². The molecule has 0 saturated heterocycles. The predicted molar refractivity (Wildman–Crippen MR) is 81.4 cm³/mol. The number of hydrogen-bond donors (Lipinski definition) is 1. The lowest BCUT2D eigenvalue weighted by molar-refractivity contribution is 0.266. The SMILES string of the molecule is CCCN(CCC)CCCn1cnc2c(N)ncnc21. The van der Waals surface area contributed by atoms with E-state index in [9.17, 15) is 0 Å². The second kappa shape index (κ2) is 7.19. The van der Waals surface area contributed by atoms with E-state index in [1.807, 2.05) is 0 Å². The Balaban J connectivity index is 1.94. The minimum atomic E-state index is 0.451. The Labute approximate surface area is 120 Å². The molecule has 2 N–H and O–H groups in total. The molecule has 0 bridgehead atoms. The molecule has 6 nitrogen and oxygen atoms in total. The van der Waals surface area contributed by atoms with Crippen molar-refractivity contribution in [1.82, 2.24) is 24.4 Å². The number of nitrogens with two attached hydrogens (primary N) is 1. The number of hydrogen-bond acceptors (Lipinski definition) is 5. The van der Waals surface area contributed by atoms with E-state index >= 15 is 0 Å². The molecule has 2 aromatic heterocycles. The highest BCUT2D eigenvalue weighted by molar-refractivity contribution is 5.80. The Hall–Kier alpha value is -1.69. The van der Waals surface area contributed by atoms with Gasteiger partial charge in [0.15, 0.2) is 11.5 Å². The maximum absolute atomic E-state index is 5.79. The van der Waals surface area contributed by atoms with Gasteiger partial charge in [0, 0.05) is 6.54 Å². The number of nitrogen functional groups attached to an aromatic ring is 1. The molecule has 0 unspecified atom stereocenters. The van der Waals surface area contributed by atoms with Crippen molar-refractivity contribution in [2.24, 2.45) is 0 Å². The highest BCUT2D eigenvalue weighted by Crippen LogP contribution is 2.14. The van der Waals surface area contributed by atoms with Gasteiger partial charge < -0.3 is 15.2 Å². The fourth-order valence-corrected chi connectivity index (χ4v) is 2.49. The van der Waals surface area contributed by atoms with E-state index in [2.05, 4.69) is 38.3 Å². The number of fused-ring (bicyclic) bond motifs is 1. The summed E-state index contributed by atoms with van der Waals surface area (Å²) in [5.74, 6) is 0.451. The molecule has 0 aliphatic rings. The second-order valence-electron chi connectivity index (χ2n) is 5.06. The average Bonchev–Trinajstić information content (AvgIpc) is 2.84. The van der Waals surface area contributed by atoms with E-state index in [1.54, 1.807) is 6.33 Å². The van der Waals surface area contributed by atoms with Crippen LogP contribution in [0.5, 0.6) is 0 Å². The van der Waals surface area contributed by atoms with Gasteiger partial charge in [-0.05, 0) is 38.9 Å². The van der Waals surface area contributed by atoms with Gasteiger partial charge in [-0.1, -0.05) is 13.8 Å². The van der Waals surface area contributed by atoms with Crippen molar-refractivity contribution < 1.29 is 0 Å². The first-order valence-corrected chi connectivity index (χ1v) is 7.40. The van der Waals surface area contributed by atoms with Gasteiger partial charge in [-0.25, -0.2) is 15.0 Å². The van der Waals surface area contributed by atoms with E-state index in [0.717, 1.165) is 25.2 Å². The standard InChI is InChI=1S/C14H24N6/c1-3-6-19(7-4-2)8-5-9-20-11-18-12-13(15)16-10-17-14(12)20/h10-11H,3-9H2,1-2H3,(H2,15,16,17). The van der Waals surface area contributed by atoms with E-state index in [-0.39, 0.29) is 0 Å². The number of imidazole rings is 1. The van der Waals surface area contributed by atoms with Crippen molar-refractivity contribution in [2.75, 3.05) is 25.4 Å². The van der Waals surface area contributed by atoms with Crippen molar-refractivity contribution >= 4 is 17.0 Å². The van der Waals surface area contributed by atoms with Crippen molar-refractivity contribution in [3.63, 3.8) is 0 Å². The maximum atomic E-state index is 5.79. The van der Waals surface area contributed by atoms with Crippen molar-refractivity contribution in [2.45, 2.75) is 39.7 Å². The van der Waals surface area contributed by atoms with Crippen LogP contribution in [0.1, 0.15) is 33.1 Å². The summed E-state index contributed by atoms with van der Waals surface area (Å²) >= 11 is 0. The summed E-state index contributed by atoms with van der Waals surface area (Å²) in [5, 5.41) is 0. The highest BCUT2D eigenvalue weighted by atomic mass is 15.1. The fraction of sp³-hybridized carbons (Fsp3) is 0.643. The molecule has 0 aliphatic carbocycles. The van der Waals surface area contributed by atoms with Crippen LogP contribution in [0.4, 0.5) is 5.82 Å². The Kier molecular flexibility index (Phi) is 5.29. The van der Waals surface area contributed by atoms with Crippen molar-refractivity contribution in [1.29, 1.82) is 0 Å². The zero-order chi connectivity index (χ0) is 14.4. The molecule has 0 aliphatic heterocycles. The smallest absolute Gasteiger partial charge is 0.165 e. The Morgan fingerprint density at radius 2 is 1.85 bits per heavy atom. The van der Waals surface area contributed by atoms with Gasteiger partial charge in [-0.15, -0.1) is 0 Å². The van der Waals surface area contributed by atoms with Gasteiger partial charge in [0.25, 0.3) is 0 Å². The summed E-state index contributed by atoms with van der Waals surface area (Å²) in [6.45, 7) is 8.83. The zero-order valence-electron chi connectivity index (χ0n) is 12.4. The lowest BCUT2D eigenvalue weighted by Crippen LogP contribution is -2.27. The summed E-state index contributed by atoms with van der Waals surface area (Å²) < 4.78 is 2.06. The van der Waals surface area contributed by atoms with E-state index in [1.165, 1.54) is 32.3 Å². The summed E-state index contributed by atoms with van der Waals surface area (Å²) in [4.78, 5) is 15.0. The van der Waals surface area contributed by atoms with Gasteiger partial charge >= 0.3 is 0 Å². The molecule has 0 saturated carbocycles. The molecule has 0 radical (unpaired) electrons. The molecule has 0 amide bonds. The predicted octanol–water partition coefficient (Wildman–Crippen LogP) is 1.92. The quantitative estimate of drug-likeness (QED) is 0.797. The Morgan fingerprint density at radius 1 is 1.10 bits per heavy atom. The van der Waals surface area contributed by atoms with Crippen LogP contribution >= 0.6 is 0 Å². The summed E-state index contributed by atoms with van der Waals surface area (Å²) in [6, 6.07) is 0. The summed E-state index contributed by atoms with van der Waals surface area (Å²) in [5.41, 5.74) is 7.32. The Morgan fingerprint density at radius 3 is 2.55 bits per heavy atom. The van der Waals surface area contributed by atoms with Crippen LogP contribution in [0.2, 0.25) is 0 Å². The summed E-state index contributed by atoms with van der Waals surface area (Å²) in [7, 11) is 0. The maximum Gasteiger partial charge on any atom is 0.165 e. The van der Waals surface area contributed by atoms with Crippen LogP contribution in [0.3, 0.4) is 0 Å². The van der Waals surface area contributed by atoms with Crippen LogP contribution in [-0.2, 0) is 6.54 Å². The highest BCUT2D eigenvalue weighted by Gasteiger charge is 2.08. The molecule has 6 heteroatoms. The first-order valence-electron chi connectivity index (χ1n) is 7.40. The molecule has 0 aromatic carbocycles. The molecule has 2 rings (SSSR count). The molecular weight excluding hydrogens is 252 g/mol. The number of anilines is 1. The third kappa shape index (κ3) is 3.45. The van der Waals surface area contributed by atoms with E-state index in [0.29, 0.717) is 11.3 Å². The lowest BCUT2D eigenvalue weighted by Gasteiger charge is -2.20. The average molecular weight is 276 g/mol. The topological polar surface area (TPSA) is 72.9 Å². The van der Waals surface area contributed by atoms with Crippen molar-refractivity contribution in [3.05, 3.63) is 12.7 Å². The minimum absolute atomic E-state index is 0.451. The third-order valence-electron chi connectivity index (χ3n) is 3.38. The third-order valence-corrected chi connectivity index (χ3v) is 3.38. The molecule has 0 atom stereocenters. The van der Waals surface area contributed by atoms with Crippen LogP contribution in [-0.4, -0.2) is 44.1 Å². The van der Waals surface area contributed by atoms with Gasteiger partial charge in [-0.2, -0.15) is 0 Å². The minimum Gasteiger partial charge on any atom is -0.382 e. The number of nitrogens with zero attached hydrogens (tertiary/aromatic N) is 5. The van der Waals surface area contributed by atoms with Gasteiger partial charge in [0.2, 0.25) is 0 Å². The largest absolute Gasteiger partial charge is 0.382 e. The number of aromatic nitrogens is 4. The molecule has 20 heavy (non-hydrogen) atoms. The molecule has 0 fully saturated rings. The molecule has 0 spiro atoms. The summed E-state index contributed by atoms with van der Waals surface area (Å²) in [6.07, 6.45) is 6.81. The van der Waals surface area contributed by atoms with Crippen LogP contribution < -0.4 is 5.73 Å². The van der Waals surface area contributed by atoms with E-state index < -0.39 is 0 Å². The van der Waals surface area contributed by atoms with Gasteiger partial charge in [-0.3, -0.25) is 0 Å². The lowest BCUT2D eigenvalue weighted by atomic mass is 10.3. The fourth-order valence-electron chi connectivity index (χ4n) is 2.49. The van der Waals surface area contributed by atoms with Crippen LogP contribution in [0.15, 0.2) is 12.7 Å². The zero-order valence-corrected chi connectivity index (χ0v) is 12.4. The molecule has 110 valence electrons. The second-order valence-corrected chi connectivity index (χ2v) is 5.06. The van der Waals surface area contributed by atoms with Crippen molar-refractivity contribution in [3.8, 4) is 0 Å².